The first-order valence-electron chi connectivity index (χ1n) is 6.73. The number of tetrazole rings is 1. The van der Waals surface area contributed by atoms with Gasteiger partial charge in [-0.2, -0.15) is 0 Å². The van der Waals surface area contributed by atoms with Crippen LogP contribution in [0.15, 0.2) is 48.5 Å². The summed E-state index contributed by atoms with van der Waals surface area (Å²) in [6.07, 6.45) is -4.77. The number of alkyl halides is 3. The van der Waals surface area contributed by atoms with E-state index in [-0.39, 0.29) is 17.3 Å². The van der Waals surface area contributed by atoms with Crippen molar-refractivity contribution in [2.75, 3.05) is 0 Å². The van der Waals surface area contributed by atoms with E-state index in [1.165, 1.54) is 36.4 Å². The molecule has 2 aromatic carbocycles. The molecule has 0 spiro atoms. The van der Waals surface area contributed by atoms with Gasteiger partial charge in [0.25, 0.3) is 5.69 Å². The summed E-state index contributed by atoms with van der Waals surface area (Å²) in [5.74, 6) is -0.155. The number of benzene rings is 2. The molecule has 0 N–H and O–H groups in total. The minimum absolute atomic E-state index is 0.0728. The van der Waals surface area contributed by atoms with E-state index in [9.17, 15) is 23.3 Å². The number of ether oxygens (including phenoxy) is 1. The molecule has 1 aromatic heterocycles. The Morgan fingerprint density at radius 1 is 1.04 bits per heavy atom. The standard InChI is InChI=1S/C14H8F3N5O3/c15-14(16,17)25-12-7-5-10(6-8-12)21-19-13(18-20-21)9-1-3-11(4-2-9)22(23)24/h1-8H. The smallest absolute Gasteiger partial charge is 0.406 e. The lowest BCUT2D eigenvalue weighted by Gasteiger charge is -2.08. The zero-order chi connectivity index (χ0) is 18.0. The van der Waals surface area contributed by atoms with Crippen molar-refractivity contribution in [3.05, 3.63) is 58.6 Å². The van der Waals surface area contributed by atoms with Crippen LogP contribution in [0.3, 0.4) is 0 Å². The van der Waals surface area contributed by atoms with E-state index in [0.717, 1.165) is 16.9 Å². The fourth-order valence-corrected chi connectivity index (χ4v) is 1.95. The van der Waals surface area contributed by atoms with E-state index in [1.807, 2.05) is 0 Å². The maximum atomic E-state index is 12.1. The van der Waals surface area contributed by atoms with E-state index in [1.54, 1.807) is 0 Å². The summed E-state index contributed by atoms with van der Waals surface area (Å²) in [6, 6.07) is 10.5. The number of nitro benzene ring substituents is 1. The molecule has 0 atom stereocenters. The summed E-state index contributed by atoms with van der Waals surface area (Å²) in [4.78, 5) is 11.2. The Balaban J connectivity index is 1.80. The average molecular weight is 351 g/mol. The van der Waals surface area contributed by atoms with Crippen molar-refractivity contribution in [3.8, 4) is 22.8 Å². The van der Waals surface area contributed by atoms with Crippen molar-refractivity contribution in [1.29, 1.82) is 0 Å². The number of hydrogen-bond donors (Lipinski definition) is 0. The highest BCUT2D eigenvalue weighted by molar-refractivity contribution is 5.56. The van der Waals surface area contributed by atoms with Crippen molar-refractivity contribution < 1.29 is 22.8 Å². The molecule has 0 radical (unpaired) electrons. The van der Waals surface area contributed by atoms with Gasteiger partial charge in [-0.3, -0.25) is 10.1 Å². The Morgan fingerprint density at radius 2 is 1.68 bits per heavy atom. The van der Waals surface area contributed by atoms with Gasteiger partial charge in [-0.1, -0.05) is 0 Å². The predicted molar refractivity (Wildman–Crippen MR) is 77.9 cm³/mol. The Morgan fingerprint density at radius 3 is 2.24 bits per heavy atom. The van der Waals surface area contributed by atoms with Crippen LogP contribution in [0.25, 0.3) is 17.1 Å². The summed E-state index contributed by atoms with van der Waals surface area (Å²) in [5, 5.41) is 22.3. The molecule has 128 valence electrons. The van der Waals surface area contributed by atoms with E-state index >= 15 is 0 Å². The third kappa shape index (κ3) is 3.88. The predicted octanol–water partition coefficient (Wildman–Crippen LogP) is 3.14. The molecule has 0 saturated carbocycles. The van der Waals surface area contributed by atoms with Crippen molar-refractivity contribution in [2.24, 2.45) is 0 Å². The average Bonchev–Trinajstić information content (AvgIpc) is 3.04. The maximum absolute atomic E-state index is 12.1. The monoisotopic (exact) mass is 351 g/mol. The van der Waals surface area contributed by atoms with Crippen molar-refractivity contribution in [3.63, 3.8) is 0 Å². The molecule has 0 fully saturated rings. The second-order valence-electron chi connectivity index (χ2n) is 4.75. The van der Waals surface area contributed by atoms with E-state index in [4.69, 9.17) is 0 Å². The molecule has 0 saturated heterocycles. The van der Waals surface area contributed by atoms with Gasteiger partial charge >= 0.3 is 6.36 Å². The van der Waals surface area contributed by atoms with Crippen molar-refractivity contribution >= 4 is 5.69 Å². The van der Waals surface area contributed by atoms with E-state index < -0.39 is 11.3 Å². The largest absolute Gasteiger partial charge is 0.573 e. The Hall–Kier alpha value is -3.50. The van der Waals surface area contributed by atoms with Gasteiger partial charge in [-0.25, -0.2) is 0 Å². The van der Waals surface area contributed by atoms with Crippen LogP contribution in [0.2, 0.25) is 0 Å². The molecule has 0 amide bonds. The molecule has 3 aromatic rings. The first kappa shape index (κ1) is 16.4. The molecule has 0 aliphatic rings. The molecule has 0 aliphatic carbocycles. The van der Waals surface area contributed by atoms with Crippen LogP contribution >= 0.6 is 0 Å². The number of nitrogens with zero attached hydrogens (tertiary/aromatic N) is 5. The Labute approximate surface area is 137 Å². The van der Waals surface area contributed by atoms with E-state index in [2.05, 4.69) is 20.1 Å². The quantitative estimate of drug-likeness (QED) is 0.529. The summed E-state index contributed by atoms with van der Waals surface area (Å²) in [6.45, 7) is 0. The molecule has 25 heavy (non-hydrogen) atoms. The highest BCUT2D eigenvalue weighted by atomic mass is 19.4. The third-order valence-electron chi connectivity index (χ3n) is 3.05. The molecule has 8 nitrogen and oxygen atoms in total. The second kappa shape index (κ2) is 6.19. The van der Waals surface area contributed by atoms with Crippen LogP contribution in [-0.4, -0.2) is 31.5 Å². The molecular formula is C14H8F3N5O3. The van der Waals surface area contributed by atoms with Crippen LogP contribution in [0, 0.1) is 10.1 Å². The van der Waals surface area contributed by atoms with Crippen LogP contribution in [-0.2, 0) is 0 Å². The first-order chi connectivity index (χ1) is 11.8. The molecule has 0 bridgehead atoms. The highest BCUT2D eigenvalue weighted by Crippen LogP contribution is 2.24. The van der Waals surface area contributed by atoms with Gasteiger partial charge < -0.3 is 4.74 Å². The minimum Gasteiger partial charge on any atom is -0.406 e. The Kier molecular flexibility index (Phi) is 4.05. The van der Waals surface area contributed by atoms with Gasteiger partial charge in [-0.05, 0) is 41.6 Å². The molecule has 0 aliphatic heterocycles. The SMILES string of the molecule is O=[N+]([O-])c1ccc(-c2nnn(-c3ccc(OC(F)(F)F)cc3)n2)cc1. The van der Waals surface area contributed by atoms with Gasteiger partial charge in [0.1, 0.15) is 5.75 Å². The van der Waals surface area contributed by atoms with Gasteiger partial charge in [0.05, 0.1) is 10.6 Å². The molecule has 0 unspecified atom stereocenters. The van der Waals surface area contributed by atoms with Crippen molar-refractivity contribution in [2.45, 2.75) is 6.36 Å². The molecule has 3 rings (SSSR count). The van der Waals surface area contributed by atoms with Gasteiger partial charge in [0.2, 0.25) is 5.82 Å². The summed E-state index contributed by atoms with van der Waals surface area (Å²) in [7, 11) is 0. The normalized spacial score (nSPS) is 11.3. The second-order valence-corrected chi connectivity index (χ2v) is 4.75. The van der Waals surface area contributed by atoms with Crippen LogP contribution in [0.5, 0.6) is 5.75 Å². The Bertz CT molecular complexity index is 891. The van der Waals surface area contributed by atoms with Gasteiger partial charge in [0.15, 0.2) is 0 Å². The molecular weight excluding hydrogens is 343 g/mol. The number of rotatable bonds is 4. The number of aromatic nitrogens is 4. The minimum atomic E-state index is -4.77. The summed E-state index contributed by atoms with van der Waals surface area (Å²) >= 11 is 0. The number of halogens is 3. The highest BCUT2D eigenvalue weighted by Gasteiger charge is 2.31. The van der Waals surface area contributed by atoms with E-state index in [0.29, 0.717) is 11.3 Å². The first-order valence-corrected chi connectivity index (χ1v) is 6.73. The maximum Gasteiger partial charge on any atom is 0.573 e. The van der Waals surface area contributed by atoms with Crippen LogP contribution in [0.4, 0.5) is 18.9 Å². The van der Waals surface area contributed by atoms with Crippen LogP contribution < -0.4 is 4.74 Å². The third-order valence-corrected chi connectivity index (χ3v) is 3.05. The lowest BCUT2D eigenvalue weighted by Crippen LogP contribution is -2.17. The van der Waals surface area contributed by atoms with Crippen molar-refractivity contribution in [1.82, 2.24) is 20.2 Å². The van der Waals surface area contributed by atoms with Crippen LogP contribution in [0.1, 0.15) is 0 Å². The lowest BCUT2D eigenvalue weighted by molar-refractivity contribution is -0.384. The summed E-state index contributed by atoms with van der Waals surface area (Å²) < 4.78 is 40.2. The zero-order valence-electron chi connectivity index (χ0n) is 12.2. The molecule has 1 heterocycles. The number of non-ortho nitro benzene ring substituents is 1. The summed E-state index contributed by atoms with van der Waals surface area (Å²) in [5.41, 5.74) is 0.806. The van der Waals surface area contributed by atoms with Gasteiger partial charge in [0, 0.05) is 17.7 Å². The topological polar surface area (TPSA) is 96.0 Å². The fraction of sp³-hybridized carbons (Fsp3) is 0.0714. The molecule has 11 heteroatoms. The fourth-order valence-electron chi connectivity index (χ4n) is 1.95. The number of hydrogen-bond acceptors (Lipinski definition) is 6. The van der Waals surface area contributed by atoms with Gasteiger partial charge in [-0.15, -0.1) is 28.2 Å². The lowest BCUT2D eigenvalue weighted by atomic mass is 10.2. The zero-order valence-corrected chi connectivity index (χ0v) is 12.2. The number of nitro groups is 1.